The lowest BCUT2D eigenvalue weighted by Gasteiger charge is -2.34. The van der Waals surface area contributed by atoms with Gasteiger partial charge in [0.05, 0.1) is 27.9 Å². The number of halogens is 3. The molecule has 0 spiro atoms. The summed E-state index contributed by atoms with van der Waals surface area (Å²) in [7, 11) is 1.81. The van der Waals surface area contributed by atoms with Crippen LogP contribution in [0.5, 0.6) is 0 Å². The standard InChI is InChI=1S/C28H31F3N6O/c1-4-21-26(35(3)34-33-21)19-15-23-25(32-16-19)20-5-6-22(36-11-9-28(30,31)10-12-36)24(29)27(20)37(23)17(2)18-7-13-38-14-8-18/h4-6,15-18H,1,7-14H2,2-3H3/t17-/m1/s1. The normalized spacial score (nSPS) is 19.3. The zero-order valence-electron chi connectivity index (χ0n) is 21.6. The van der Waals surface area contributed by atoms with E-state index < -0.39 is 5.92 Å². The molecule has 3 aromatic heterocycles. The summed E-state index contributed by atoms with van der Waals surface area (Å²) in [6.45, 7) is 7.56. The summed E-state index contributed by atoms with van der Waals surface area (Å²) >= 11 is 0. The van der Waals surface area contributed by atoms with Crippen LogP contribution in [0, 0.1) is 11.7 Å². The molecule has 4 aromatic rings. The number of nitrogens with zero attached hydrogens (tertiary/aromatic N) is 6. The Morgan fingerprint density at radius 2 is 1.92 bits per heavy atom. The molecule has 2 saturated heterocycles. The smallest absolute Gasteiger partial charge is 0.251 e. The largest absolute Gasteiger partial charge is 0.381 e. The highest BCUT2D eigenvalue weighted by Crippen LogP contribution is 2.41. The lowest BCUT2D eigenvalue weighted by molar-refractivity contribution is -0.0221. The molecule has 1 aromatic carbocycles. The van der Waals surface area contributed by atoms with Gasteiger partial charge in [-0.3, -0.25) is 4.98 Å². The molecule has 1 atom stereocenters. The van der Waals surface area contributed by atoms with Crippen molar-refractivity contribution in [3.05, 3.63) is 42.5 Å². The van der Waals surface area contributed by atoms with Gasteiger partial charge in [-0.25, -0.2) is 17.9 Å². The Kier molecular flexibility index (Phi) is 6.17. The number of fused-ring (bicyclic) bond motifs is 3. The molecular formula is C28H31F3N6O. The Bertz CT molecular complexity index is 1510. The van der Waals surface area contributed by atoms with Crippen molar-refractivity contribution in [1.82, 2.24) is 24.5 Å². The van der Waals surface area contributed by atoms with E-state index in [-0.39, 0.29) is 37.8 Å². The Morgan fingerprint density at radius 1 is 1.18 bits per heavy atom. The molecule has 0 amide bonds. The molecular weight excluding hydrogens is 493 g/mol. The van der Waals surface area contributed by atoms with Crippen LogP contribution in [0.3, 0.4) is 0 Å². The van der Waals surface area contributed by atoms with Gasteiger partial charge in [0.15, 0.2) is 5.82 Å². The van der Waals surface area contributed by atoms with Gasteiger partial charge in [0.1, 0.15) is 5.69 Å². The molecule has 0 N–H and O–H groups in total. The molecule has 0 aliphatic carbocycles. The van der Waals surface area contributed by atoms with Crippen LogP contribution in [0.25, 0.3) is 39.3 Å². The zero-order chi connectivity index (χ0) is 26.6. The van der Waals surface area contributed by atoms with Crippen molar-refractivity contribution in [1.29, 1.82) is 0 Å². The van der Waals surface area contributed by atoms with E-state index in [1.54, 1.807) is 27.9 Å². The SMILES string of the molecule is C=Cc1nnn(C)c1-c1cnc2c3ccc(N4CCC(F)(F)CC4)c(F)c3n([C@H](C)C3CCOCC3)c2c1. The molecule has 0 saturated carbocycles. The van der Waals surface area contributed by atoms with E-state index in [1.165, 1.54) is 0 Å². The number of pyridine rings is 1. The van der Waals surface area contributed by atoms with Crippen molar-refractivity contribution < 1.29 is 17.9 Å². The van der Waals surface area contributed by atoms with Gasteiger partial charge < -0.3 is 14.2 Å². The number of aromatic nitrogens is 5. The van der Waals surface area contributed by atoms with Crippen LogP contribution in [-0.4, -0.2) is 56.8 Å². The van der Waals surface area contributed by atoms with Crippen LogP contribution in [0.2, 0.25) is 0 Å². The third-order valence-corrected chi connectivity index (χ3v) is 8.23. The van der Waals surface area contributed by atoms with Crippen molar-refractivity contribution in [2.24, 2.45) is 13.0 Å². The van der Waals surface area contributed by atoms with Crippen LogP contribution < -0.4 is 4.90 Å². The van der Waals surface area contributed by atoms with E-state index >= 15 is 4.39 Å². The lowest BCUT2D eigenvalue weighted by atomic mass is 9.92. The third-order valence-electron chi connectivity index (χ3n) is 8.23. The van der Waals surface area contributed by atoms with Crippen LogP contribution >= 0.6 is 0 Å². The average Bonchev–Trinajstić information content (AvgIpc) is 3.46. The van der Waals surface area contributed by atoms with Crippen LogP contribution in [0.4, 0.5) is 18.9 Å². The Labute approximate surface area is 218 Å². The van der Waals surface area contributed by atoms with Crippen molar-refractivity contribution in [2.75, 3.05) is 31.2 Å². The number of hydrogen-bond donors (Lipinski definition) is 0. The summed E-state index contributed by atoms with van der Waals surface area (Å²) in [4.78, 5) is 6.54. The summed E-state index contributed by atoms with van der Waals surface area (Å²) in [5.41, 5.74) is 4.57. The zero-order valence-corrected chi connectivity index (χ0v) is 21.6. The molecule has 2 aliphatic heterocycles. The number of alkyl halides is 2. The van der Waals surface area contributed by atoms with Crippen molar-refractivity contribution >= 4 is 33.7 Å². The van der Waals surface area contributed by atoms with Crippen molar-refractivity contribution in [3.8, 4) is 11.3 Å². The topological polar surface area (TPSA) is 61.0 Å². The predicted octanol–water partition coefficient (Wildman–Crippen LogP) is 5.99. The van der Waals surface area contributed by atoms with Gasteiger partial charge in [0, 0.05) is 69.4 Å². The first-order valence-corrected chi connectivity index (χ1v) is 13.1. The molecule has 5 heterocycles. The lowest BCUT2D eigenvalue weighted by Crippen LogP contribution is -2.39. The van der Waals surface area contributed by atoms with Gasteiger partial charge in [-0.1, -0.05) is 11.8 Å². The van der Waals surface area contributed by atoms with Crippen LogP contribution in [0.1, 0.15) is 44.3 Å². The molecule has 6 rings (SSSR count). The van der Waals surface area contributed by atoms with Crippen LogP contribution in [-0.2, 0) is 11.8 Å². The minimum Gasteiger partial charge on any atom is -0.381 e. The number of anilines is 1. The average molecular weight is 525 g/mol. The molecule has 2 aliphatic rings. The molecule has 200 valence electrons. The van der Waals surface area contributed by atoms with E-state index in [0.717, 1.165) is 29.6 Å². The van der Waals surface area contributed by atoms with E-state index in [2.05, 4.69) is 28.4 Å². The Hall–Kier alpha value is -3.40. The van der Waals surface area contributed by atoms with E-state index in [9.17, 15) is 8.78 Å². The van der Waals surface area contributed by atoms with Crippen LogP contribution in [0.15, 0.2) is 31.0 Å². The highest BCUT2D eigenvalue weighted by atomic mass is 19.3. The first-order chi connectivity index (χ1) is 18.3. The number of piperidine rings is 1. The number of benzene rings is 1. The number of ether oxygens (including phenoxy) is 1. The van der Waals surface area contributed by atoms with Gasteiger partial charge >= 0.3 is 0 Å². The fourth-order valence-corrected chi connectivity index (χ4v) is 6.07. The van der Waals surface area contributed by atoms with Gasteiger partial charge in [-0.2, -0.15) is 0 Å². The first kappa shape index (κ1) is 24.9. The second kappa shape index (κ2) is 9.41. The summed E-state index contributed by atoms with van der Waals surface area (Å²) in [5, 5.41) is 9.02. The van der Waals surface area contributed by atoms with E-state index in [4.69, 9.17) is 9.72 Å². The molecule has 38 heavy (non-hydrogen) atoms. The molecule has 7 nitrogen and oxygen atoms in total. The molecule has 10 heteroatoms. The van der Waals surface area contributed by atoms with Gasteiger partial charge in [-0.15, -0.1) is 5.10 Å². The minimum absolute atomic E-state index is 0.0325. The summed E-state index contributed by atoms with van der Waals surface area (Å²) < 4.78 is 53.5. The number of rotatable bonds is 5. The van der Waals surface area contributed by atoms with Gasteiger partial charge in [0.2, 0.25) is 0 Å². The van der Waals surface area contributed by atoms with E-state index in [0.29, 0.717) is 46.9 Å². The fourth-order valence-electron chi connectivity index (χ4n) is 6.07. The third kappa shape index (κ3) is 4.05. The first-order valence-electron chi connectivity index (χ1n) is 13.1. The van der Waals surface area contributed by atoms with Crippen molar-refractivity contribution in [2.45, 2.75) is 44.6 Å². The number of hydrogen-bond acceptors (Lipinski definition) is 5. The van der Waals surface area contributed by atoms with Crippen molar-refractivity contribution in [3.63, 3.8) is 0 Å². The predicted molar refractivity (Wildman–Crippen MR) is 142 cm³/mol. The molecule has 0 unspecified atom stereocenters. The van der Waals surface area contributed by atoms with E-state index in [1.807, 2.05) is 19.2 Å². The molecule has 0 radical (unpaired) electrons. The fraction of sp³-hybridized carbons (Fsp3) is 0.464. The maximum absolute atomic E-state index is 16.5. The minimum atomic E-state index is -2.70. The highest BCUT2D eigenvalue weighted by Gasteiger charge is 2.35. The van der Waals surface area contributed by atoms with Gasteiger partial charge in [-0.05, 0) is 50.0 Å². The molecule has 2 fully saturated rings. The Morgan fingerprint density at radius 3 is 2.63 bits per heavy atom. The second-order valence-electron chi connectivity index (χ2n) is 10.4. The quantitative estimate of drug-likeness (QED) is 0.321. The summed E-state index contributed by atoms with van der Waals surface area (Å²) in [6.07, 6.45) is 4.62. The van der Waals surface area contributed by atoms with Gasteiger partial charge in [0.25, 0.3) is 5.92 Å². The molecule has 0 bridgehead atoms. The maximum atomic E-state index is 16.5. The monoisotopic (exact) mass is 524 g/mol. The summed E-state index contributed by atoms with van der Waals surface area (Å²) in [5.74, 6) is -2.79. The number of aryl methyl sites for hydroxylation is 1. The summed E-state index contributed by atoms with van der Waals surface area (Å²) in [6, 6.07) is 5.57. The Balaban J connectivity index is 1.56. The highest BCUT2D eigenvalue weighted by molar-refractivity contribution is 6.08. The second-order valence-corrected chi connectivity index (χ2v) is 10.4. The maximum Gasteiger partial charge on any atom is 0.251 e.